The quantitative estimate of drug-likeness (QED) is 0.460. The molecule has 1 amide bonds. The Morgan fingerprint density at radius 1 is 1.22 bits per heavy atom. The Morgan fingerprint density at radius 2 is 1.91 bits per heavy atom. The van der Waals surface area contributed by atoms with Crippen LogP contribution in [-0.4, -0.2) is 10.8 Å². The Kier molecular flexibility index (Phi) is 5.72. The largest absolute Gasteiger partial charge is 0.370 e. The number of nitrogens with two attached hydrogens (primary N) is 2. The second-order valence-corrected chi connectivity index (χ2v) is 6.05. The van der Waals surface area contributed by atoms with Crippen LogP contribution in [0.1, 0.15) is 23.6 Å². The summed E-state index contributed by atoms with van der Waals surface area (Å²) in [6, 6.07) is 13.9. The molecule has 0 aromatic heterocycles. The maximum absolute atomic E-state index is 11.3. The van der Waals surface area contributed by atoms with Crippen molar-refractivity contribution in [3.63, 3.8) is 0 Å². The van der Waals surface area contributed by atoms with Crippen molar-refractivity contribution in [1.29, 1.82) is 0 Å². The van der Waals surface area contributed by atoms with Gasteiger partial charge >= 0.3 is 0 Å². The maximum Gasteiger partial charge on any atom is 0.283 e. The van der Waals surface area contributed by atoms with Crippen LogP contribution >= 0.6 is 11.8 Å². The molecule has 2 aromatic carbocycles. The van der Waals surface area contributed by atoms with Gasteiger partial charge in [-0.3, -0.25) is 14.9 Å². The highest BCUT2D eigenvalue weighted by atomic mass is 32.2. The molecule has 120 valence electrons. The van der Waals surface area contributed by atoms with Crippen molar-refractivity contribution < 1.29 is 9.72 Å². The molecular formula is C16H17N3O3S. The number of carbonyl (C=O) groups is 1. The molecule has 1 unspecified atom stereocenters. The molecule has 0 spiro atoms. The number of hydrogen-bond acceptors (Lipinski definition) is 5. The lowest BCUT2D eigenvalue weighted by atomic mass is 10.0. The van der Waals surface area contributed by atoms with Gasteiger partial charge in [-0.15, -0.1) is 11.8 Å². The van der Waals surface area contributed by atoms with E-state index in [1.807, 2.05) is 30.3 Å². The van der Waals surface area contributed by atoms with Gasteiger partial charge in [-0.25, -0.2) is 0 Å². The molecule has 23 heavy (non-hydrogen) atoms. The zero-order valence-corrected chi connectivity index (χ0v) is 13.2. The van der Waals surface area contributed by atoms with Crippen LogP contribution in [0.15, 0.2) is 53.4 Å². The van der Waals surface area contributed by atoms with Crippen LogP contribution < -0.4 is 11.5 Å². The van der Waals surface area contributed by atoms with Crippen LogP contribution in [0.2, 0.25) is 0 Å². The van der Waals surface area contributed by atoms with E-state index in [4.69, 9.17) is 11.5 Å². The third kappa shape index (κ3) is 4.80. The highest BCUT2D eigenvalue weighted by molar-refractivity contribution is 7.98. The highest BCUT2D eigenvalue weighted by Gasteiger charge is 2.18. The van der Waals surface area contributed by atoms with Gasteiger partial charge in [0.1, 0.15) is 0 Å². The molecule has 1 atom stereocenters. The number of nitrogens with zero attached hydrogens (tertiary/aromatic N) is 1. The number of rotatable bonds is 7. The van der Waals surface area contributed by atoms with Crippen LogP contribution in [0.5, 0.6) is 0 Å². The summed E-state index contributed by atoms with van der Waals surface area (Å²) >= 11 is 1.39. The minimum atomic E-state index is -0.639. The molecule has 0 saturated heterocycles. The molecule has 0 radical (unpaired) electrons. The molecule has 0 bridgehead atoms. The molecule has 6 nitrogen and oxygen atoms in total. The van der Waals surface area contributed by atoms with Gasteiger partial charge in [-0.05, 0) is 17.2 Å². The van der Waals surface area contributed by atoms with Gasteiger partial charge < -0.3 is 11.5 Å². The topological polar surface area (TPSA) is 112 Å². The van der Waals surface area contributed by atoms with Crippen molar-refractivity contribution >= 4 is 23.4 Å². The molecule has 0 saturated carbocycles. The predicted octanol–water partition coefficient (Wildman–Crippen LogP) is 2.76. The van der Waals surface area contributed by atoms with Crippen molar-refractivity contribution in [3.8, 4) is 0 Å². The predicted molar refractivity (Wildman–Crippen MR) is 89.8 cm³/mol. The molecular weight excluding hydrogens is 314 g/mol. The lowest BCUT2D eigenvalue weighted by Crippen LogP contribution is -2.20. The second-order valence-electron chi connectivity index (χ2n) is 5.04. The third-order valence-corrected chi connectivity index (χ3v) is 4.40. The van der Waals surface area contributed by atoms with Gasteiger partial charge in [0, 0.05) is 24.3 Å². The first-order valence-electron chi connectivity index (χ1n) is 6.96. The fourth-order valence-corrected chi connectivity index (χ4v) is 3.06. The van der Waals surface area contributed by atoms with Gasteiger partial charge in [0.25, 0.3) is 5.69 Å². The summed E-state index contributed by atoms with van der Waals surface area (Å²) in [6.07, 6.45) is -0.0480. The van der Waals surface area contributed by atoms with Crippen LogP contribution in [0.25, 0.3) is 0 Å². The highest BCUT2D eigenvalue weighted by Crippen LogP contribution is 2.33. The standard InChI is InChI=1S/C16H17N3O3S/c17-13(9-16(18)20)12-6-7-15(14(8-12)19(21)22)23-10-11-4-2-1-3-5-11/h1-8,13H,9-10,17H2,(H2,18,20). The Morgan fingerprint density at radius 3 is 2.52 bits per heavy atom. The van der Waals surface area contributed by atoms with E-state index < -0.39 is 16.9 Å². The Bertz CT molecular complexity index is 707. The number of thioether (sulfide) groups is 1. The Balaban J connectivity index is 2.19. The van der Waals surface area contributed by atoms with Crippen LogP contribution in [0, 0.1) is 10.1 Å². The van der Waals surface area contributed by atoms with Crippen molar-refractivity contribution in [2.45, 2.75) is 23.1 Å². The van der Waals surface area contributed by atoms with Crippen molar-refractivity contribution in [1.82, 2.24) is 0 Å². The third-order valence-electron chi connectivity index (χ3n) is 3.27. The number of nitro groups is 1. The van der Waals surface area contributed by atoms with Crippen molar-refractivity contribution in [2.24, 2.45) is 11.5 Å². The van der Waals surface area contributed by atoms with E-state index in [2.05, 4.69) is 0 Å². The van der Waals surface area contributed by atoms with Gasteiger partial charge in [0.05, 0.1) is 9.82 Å². The van der Waals surface area contributed by atoms with Crippen molar-refractivity contribution in [3.05, 3.63) is 69.8 Å². The maximum atomic E-state index is 11.3. The lowest BCUT2D eigenvalue weighted by Gasteiger charge is -2.11. The molecule has 7 heteroatoms. The monoisotopic (exact) mass is 331 g/mol. The van der Waals surface area contributed by atoms with Gasteiger partial charge in [0.15, 0.2) is 0 Å². The Hall–Kier alpha value is -2.38. The van der Waals surface area contributed by atoms with E-state index >= 15 is 0 Å². The number of amides is 1. The van der Waals surface area contributed by atoms with Crippen molar-refractivity contribution in [2.75, 3.05) is 0 Å². The first kappa shape index (κ1) is 17.0. The lowest BCUT2D eigenvalue weighted by molar-refractivity contribution is -0.387. The van der Waals surface area contributed by atoms with Crippen LogP contribution in [0.3, 0.4) is 0 Å². The average Bonchev–Trinajstić information content (AvgIpc) is 2.53. The van der Waals surface area contributed by atoms with E-state index in [0.717, 1.165) is 5.56 Å². The molecule has 0 aliphatic heterocycles. The fourth-order valence-electron chi connectivity index (χ4n) is 2.10. The number of hydrogen-bond donors (Lipinski definition) is 2. The van der Waals surface area contributed by atoms with E-state index in [0.29, 0.717) is 16.2 Å². The summed E-state index contributed by atoms with van der Waals surface area (Å²) in [6.45, 7) is 0. The zero-order valence-electron chi connectivity index (χ0n) is 12.3. The van der Waals surface area contributed by atoms with Gasteiger partial charge in [-0.2, -0.15) is 0 Å². The summed E-state index contributed by atoms with van der Waals surface area (Å²) in [5.74, 6) is 0.0941. The number of benzene rings is 2. The zero-order chi connectivity index (χ0) is 16.8. The first-order chi connectivity index (χ1) is 11.0. The SMILES string of the molecule is NC(=O)CC(N)c1ccc(SCc2ccccc2)c([N+](=O)[O-])c1. The summed E-state index contributed by atoms with van der Waals surface area (Å²) in [7, 11) is 0. The molecule has 2 rings (SSSR count). The summed E-state index contributed by atoms with van der Waals surface area (Å²) in [5.41, 5.74) is 12.6. The van der Waals surface area contributed by atoms with Crippen LogP contribution in [-0.2, 0) is 10.5 Å². The minimum Gasteiger partial charge on any atom is -0.370 e. The molecule has 0 heterocycles. The van der Waals surface area contributed by atoms with Gasteiger partial charge in [-0.1, -0.05) is 36.4 Å². The Labute approximate surface area is 138 Å². The number of nitro benzene ring substituents is 1. The first-order valence-corrected chi connectivity index (χ1v) is 7.95. The minimum absolute atomic E-state index is 0.0108. The summed E-state index contributed by atoms with van der Waals surface area (Å²) in [4.78, 5) is 22.3. The van der Waals surface area contributed by atoms with E-state index in [1.54, 1.807) is 12.1 Å². The molecule has 0 fully saturated rings. The van der Waals surface area contributed by atoms with E-state index in [-0.39, 0.29) is 12.1 Å². The van der Waals surface area contributed by atoms with Crippen LogP contribution in [0.4, 0.5) is 5.69 Å². The molecule has 0 aliphatic rings. The van der Waals surface area contributed by atoms with E-state index in [1.165, 1.54) is 17.8 Å². The number of primary amides is 1. The molecule has 4 N–H and O–H groups in total. The average molecular weight is 331 g/mol. The molecule has 2 aromatic rings. The fraction of sp³-hybridized carbons (Fsp3) is 0.188. The smallest absolute Gasteiger partial charge is 0.283 e. The normalized spacial score (nSPS) is 11.9. The molecule has 0 aliphatic carbocycles. The second kappa shape index (κ2) is 7.75. The van der Waals surface area contributed by atoms with E-state index in [9.17, 15) is 14.9 Å². The summed E-state index contributed by atoms with van der Waals surface area (Å²) < 4.78 is 0. The van der Waals surface area contributed by atoms with Gasteiger partial charge in [0.2, 0.25) is 5.91 Å². The summed E-state index contributed by atoms with van der Waals surface area (Å²) in [5, 5.41) is 11.3. The number of carbonyl (C=O) groups excluding carboxylic acids is 1.